The average molecular weight is 364 g/mol. The number of carbonyl (C=O) groups excluding carboxylic acids is 1. The van der Waals surface area contributed by atoms with Crippen molar-refractivity contribution in [3.05, 3.63) is 23.0 Å². The van der Waals surface area contributed by atoms with E-state index in [9.17, 15) is 13.6 Å². The zero-order chi connectivity index (χ0) is 18.5. The van der Waals surface area contributed by atoms with E-state index in [2.05, 4.69) is 29.4 Å². The molecule has 3 heterocycles. The van der Waals surface area contributed by atoms with E-state index in [0.29, 0.717) is 25.9 Å². The lowest BCUT2D eigenvalue weighted by atomic mass is 9.60. The molecule has 0 saturated carbocycles. The van der Waals surface area contributed by atoms with Crippen molar-refractivity contribution < 1.29 is 13.6 Å². The molecule has 0 amide bonds. The van der Waals surface area contributed by atoms with Gasteiger partial charge in [0.25, 0.3) is 6.43 Å². The number of alkyl halides is 2. The fourth-order valence-electron chi connectivity index (χ4n) is 5.20. The largest absolute Gasteiger partial charge is 0.362 e. The van der Waals surface area contributed by atoms with Crippen LogP contribution in [-0.4, -0.2) is 42.9 Å². The normalized spacial score (nSPS) is 33.8. The number of allylic oxidation sites excluding steroid dienone is 2. The molecule has 0 bridgehead atoms. The van der Waals surface area contributed by atoms with E-state index >= 15 is 0 Å². The molecule has 1 aliphatic carbocycles. The number of hydrogen-bond acceptors (Lipinski definition) is 5. The number of nitrogens with one attached hydrogen (secondary N) is 1. The summed E-state index contributed by atoms with van der Waals surface area (Å²) < 4.78 is 25.7. The molecule has 2 unspecified atom stereocenters. The van der Waals surface area contributed by atoms with Gasteiger partial charge in [-0.05, 0) is 44.2 Å². The lowest BCUT2D eigenvalue weighted by molar-refractivity contribution is -0.119. The Morgan fingerprint density at radius 3 is 2.88 bits per heavy atom. The molecule has 1 saturated heterocycles. The Morgan fingerprint density at radius 2 is 2.12 bits per heavy atom. The number of Topliss-reactive ketones (excluding diaryl/α,β-unsaturated/α-hetero) is 1. The third kappa shape index (κ3) is 2.90. The van der Waals surface area contributed by atoms with Crippen LogP contribution in [0.5, 0.6) is 0 Å². The predicted octanol–water partition coefficient (Wildman–Crippen LogP) is 3.65. The van der Waals surface area contributed by atoms with Gasteiger partial charge < -0.3 is 5.32 Å². The molecule has 2 atom stereocenters. The molecule has 1 spiro atoms. The number of nitrogens with zero attached hydrogens (tertiary/aromatic N) is 3. The van der Waals surface area contributed by atoms with Crippen molar-refractivity contribution in [1.82, 2.24) is 10.2 Å². The second kappa shape index (κ2) is 6.22. The predicted molar refractivity (Wildman–Crippen MR) is 93.6 cm³/mol. The number of halogens is 2. The third-order valence-electron chi connectivity index (χ3n) is 6.22. The molecular formula is C19H26F2N4O. The average Bonchev–Trinajstić information content (AvgIpc) is 2.90. The lowest BCUT2D eigenvalue weighted by Crippen LogP contribution is -2.49. The van der Waals surface area contributed by atoms with Gasteiger partial charge in [-0.2, -0.15) is 10.2 Å². The van der Waals surface area contributed by atoms with Gasteiger partial charge in [-0.15, -0.1) is 0 Å². The zero-order valence-corrected chi connectivity index (χ0v) is 15.4. The summed E-state index contributed by atoms with van der Waals surface area (Å²) in [6, 6.07) is 0. The molecule has 4 rings (SSSR count). The highest BCUT2D eigenvalue weighted by molar-refractivity contribution is 6.00. The first-order chi connectivity index (χ1) is 12.3. The topological polar surface area (TPSA) is 57.1 Å². The van der Waals surface area contributed by atoms with E-state index in [0.717, 1.165) is 36.1 Å². The quantitative estimate of drug-likeness (QED) is 0.814. The van der Waals surface area contributed by atoms with Crippen molar-refractivity contribution in [1.29, 1.82) is 0 Å². The molecule has 0 aromatic rings. The van der Waals surface area contributed by atoms with Crippen LogP contribution in [0.3, 0.4) is 0 Å². The van der Waals surface area contributed by atoms with Crippen molar-refractivity contribution in [3.63, 3.8) is 0 Å². The third-order valence-corrected chi connectivity index (χ3v) is 6.22. The van der Waals surface area contributed by atoms with Crippen LogP contribution in [0.1, 0.15) is 46.0 Å². The highest BCUT2D eigenvalue weighted by atomic mass is 19.3. The van der Waals surface area contributed by atoms with Crippen molar-refractivity contribution in [3.8, 4) is 0 Å². The monoisotopic (exact) mass is 364 g/mol. The Kier molecular flexibility index (Phi) is 4.25. The van der Waals surface area contributed by atoms with Gasteiger partial charge in [0, 0.05) is 28.7 Å². The Hall–Kier alpha value is -1.63. The summed E-state index contributed by atoms with van der Waals surface area (Å²) in [4.78, 5) is 15.0. The van der Waals surface area contributed by atoms with Gasteiger partial charge in [0.1, 0.15) is 0 Å². The molecule has 3 aliphatic heterocycles. The van der Waals surface area contributed by atoms with Crippen LogP contribution in [0, 0.1) is 10.8 Å². The Labute approximate surface area is 152 Å². The number of hydrogen-bond donors (Lipinski definition) is 1. The Balaban J connectivity index is 1.73. The first-order valence-corrected chi connectivity index (χ1v) is 9.45. The van der Waals surface area contributed by atoms with E-state index < -0.39 is 11.8 Å². The van der Waals surface area contributed by atoms with E-state index in [1.54, 1.807) is 6.20 Å². The molecule has 1 N–H and O–H groups in total. The van der Waals surface area contributed by atoms with Gasteiger partial charge in [-0.3, -0.25) is 9.69 Å². The standard InChI is InChI=1S/C19H26F2N4O/c1-18(2)8-13-16(14(26)9-18)19(12-10-22-24-17(12)23-13)4-3-6-25(7-5-19)11-15(20)21/h10,15,17,23H,3-9,11H2,1-2H3. The molecule has 1 fully saturated rings. The van der Waals surface area contributed by atoms with E-state index in [-0.39, 0.29) is 23.9 Å². The number of rotatable bonds is 2. The second-order valence-electron chi connectivity index (χ2n) is 8.78. The maximum absolute atomic E-state index is 13.2. The number of ketones is 1. The molecule has 0 aromatic carbocycles. The van der Waals surface area contributed by atoms with Crippen LogP contribution in [0.2, 0.25) is 0 Å². The van der Waals surface area contributed by atoms with Crippen molar-refractivity contribution in [2.45, 2.75) is 58.5 Å². The summed E-state index contributed by atoms with van der Waals surface area (Å²) in [6.45, 7) is 5.25. The first-order valence-electron chi connectivity index (χ1n) is 9.45. The minimum absolute atomic E-state index is 0.0759. The van der Waals surface area contributed by atoms with Gasteiger partial charge >= 0.3 is 0 Å². The van der Waals surface area contributed by atoms with Crippen LogP contribution in [-0.2, 0) is 4.79 Å². The number of carbonyl (C=O) groups is 1. The van der Waals surface area contributed by atoms with Crippen LogP contribution in [0.15, 0.2) is 33.3 Å². The second-order valence-corrected chi connectivity index (χ2v) is 8.78. The molecule has 0 aromatic heterocycles. The highest BCUT2D eigenvalue weighted by Crippen LogP contribution is 2.55. The van der Waals surface area contributed by atoms with Gasteiger partial charge in [-0.1, -0.05) is 13.8 Å². The lowest BCUT2D eigenvalue weighted by Gasteiger charge is -2.47. The molecular weight excluding hydrogens is 338 g/mol. The van der Waals surface area contributed by atoms with Crippen LogP contribution in [0.25, 0.3) is 0 Å². The zero-order valence-electron chi connectivity index (χ0n) is 15.4. The molecule has 26 heavy (non-hydrogen) atoms. The molecule has 4 aliphatic rings. The summed E-state index contributed by atoms with van der Waals surface area (Å²) in [5, 5.41) is 11.9. The molecule has 0 radical (unpaired) electrons. The summed E-state index contributed by atoms with van der Waals surface area (Å²) >= 11 is 0. The fourth-order valence-corrected chi connectivity index (χ4v) is 5.20. The maximum atomic E-state index is 13.2. The van der Waals surface area contributed by atoms with E-state index in [4.69, 9.17) is 0 Å². The summed E-state index contributed by atoms with van der Waals surface area (Å²) in [5.74, 6) is 0.192. The van der Waals surface area contributed by atoms with Gasteiger partial charge in [-0.25, -0.2) is 8.78 Å². The summed E-state index contributed by atoms with van der Waals surface area (Å²) in [5.41, 5.74) is 2.44. The Bertz CT molecular complexity index is 712. The van der Waals surface area contributed by atoms with E-state index in [1.165, 1.54) is 0 Å². The van der Waals surface area contributed by atoms with E-state index in [1.807, 2.05) is 4.90 Å². The molecule has 5 nitrogen and oxygen atoms in total. The summed E-state index contributed by atoms with van der Waals surface area (Å²) in [7, 11) is 0. The first kappa shape index (κ1) is 17.8. The smallest absolute Gasteiger partial charge is 0.251 e. The van der Waals surface area contributed by atoms with Crippen molar-refractivity contribution >= 4 is 5.78 Å². The van der Waals surface area contributed by atoms with Crippen molar-refractivity contribution in [2.24, 2.45) is 21.1 Å². The fraction of sp³-hybridized carbons (Fsp3) is 0.737. The maximum Gasteiger partial charge on any atom is 0.251 e. The number of fused-ring (bicyclic) bond motifs is 3. The Morgan fingerprint density at radius 1 is 1.31 bits per heavy atom. The SMILES string of the molecule is CC1(C)CC(=O)C2=C(C1)NC1N=NC=C1C21CCCN(CC(F)F)CC1. The van der Waals surface area contributed by atoms with Crippen LogP contribution in [0.4, 0.5) is 8.78 Å². The van der Waals surface area contributed by atoms with Crippen LogP contribution >= 0.6 is 0 Å². The minimum atomic E-state index is -2.33. The molecule has 142 valence electrons. The minimum Gasteiger partial charge on any atom is -0.362 e. The van der Waals surface area contributed by atoms with Crippen LogP contribution < -0.4 is 5.32 Å². The van der Waals surface area contributed by atoms with Gasteiger partial charge in [0.2, 0.25) is 0 Å². The highest BCUT2D eigenvalue weighted by Gasteiger charge is 2.52. The molecule has 7 heteroatoms. The van der Waals surface area contributed by atoms with Gasteiger partial charge in [0.05, 0.1) is 12.7 Å². The summed E-state index contributed by atoms with van der Waals surface area (Å²) in [6.07, 6.45) is 2.87. The van der Waals surface area contributed by atoms with Crippen molar-refractivity contribution in [2.75, 3.05) is 19.6 Å². The number of azo groups is 1. The number of likely N-dealkylation sites (tertiary alicyclic amines) is 1. The van der Waals surface area contributed by atoms with Gasteiger partial charge in [0.15, 0.2) is 11.9 Å².